The number of aromatic nitrogens is 1. The van der Waals surface area contributed by atoms with E-state index >= 15 is 0 Å². The minimum absolute atomic E-state index is 0. The molecule has 0 spiro atoms. The van der Waals surface area contributed by atoms with Gasteiger partial charge >= 0.3 is 35.5 Å². The zero-order valence-electron chi connectivity index (χ0n) is 21.4. The maximum Gasteiger partial charge on any atom is 1.00 e. The number of hydrogen-bond donors (Lipinski definition) is 2. The largest absolute Gasteiger partial charge is 1.00 e. The topological polar surface area (TPSA) is 194 Å². The van der Waals surface area contributed by atoms with Gasteiger partial charge in [0.1, 0.15) is 41.2 Å². The number of nitrogens with zero attached hydrogens (tertiary/aromatic N) is 5. The Hall–Kier alpha value is -2.91. The van der Waals surface area contributed by atoms with Crippen LogP contribution in [0.2, 0.25) is 0 Å². The quantitative estimate of drug-likeness (QED) is 0.0745. The zero-order valence-corrected chi connectivity index (χ0v) is 26.7. The second-order valence-corrected chi connectivity index (χ2v) is 12.5. The first kappa shape index (κ1) is 31.0. The van der Waals surface area contributed by atoms with Crippen LogP contribution in [0, 0.1) is 11.3 Å². The second kappa shape index (κ2) is 12.9. The number of carbonyl (C=O) groups excluding carboxylic acids is 1. The number of β-lactam (4-membered cyclic amide) rings is 1. The SMILES string of the molecule is CO/N=C(/C([O-])=N[C@@H]1C(=O)N2C(C(=O)O)=C(CSc3sc4ccccc4c(=O)c3C#N)CS[C@H]12)c1csc(N)n1.[Na+]. The molecule has 4 heterocycles. The summed E-state index contributed by atoms with van der Waals surface area (Å²) >= 11 is 4.82. The van der Waals surface area contributed by atoms with Crippen LogP contribution in [0.3, 0.4) is 0 Å². The maximum atomic E-state index is 13.1. The molecule has 2 atom stereocenters. The van der Waals surface area contributed by atoms with E-state index in [9.17, 15) is 29.9 Å². The van der Waals surface area contributed by atoms with Crippen LogP contribution in [-0.4, -0.2) is 68.5 Å². The van der Waals surface area contributed by atoms with Crippen LogP contribution in [0.1, 0.15) is 11.3 Å². The monoisotopic (exact) mass is 636 g/mol. The predicted molar refractivity (Wildman–Crippen MR) is 153 cm³/mol. The molecule has 41 heavy (non-hydrogen) atoms. The summed E-state index contributed by atoms with van der Waals surface area (Å²) in [4.78, 5) is 52.0. The van der Waals surface area contributed by atoms with Crippen LogP contribution >= 0.6 is 46.2 Å². The van der Waals surface area contributed by atoms with Gasteiger partial charge in [0.25, 0.3) is 5.91 Å². The van der Waals surface area contributed by atoms with Gasteiger partial charge in [-0.2, -0.15) is 5.26 Å². The van der Waals surface area contributed by atoms with E-state index in [0.29, 0.717) is 19.9 Å². The molecule has 0 saturated carbocycles. The molecule has 2 aromatic heterocycles. The molecule has 1 aromatic carbocycles. The molecule has 12 nitrogen and oxygen atoms in total. The molecule has 0 radical (unpaired) electrons. The second-order valence-electron chi connectivity index (χ2n) is 8.23. The van der Waals surface area contributed by atoms with E-state index in [1.54, 1.807) is 24.3 Å². The van der Waals surface area contributed by atoms with Crippen molar-refractivity contribution < 1.29 is 54.2 Å². The minimum Gasteiger partial charge on any atom is -0.857 e. The number of anilines is 1. The van der Waals surface area contributed by atoms with Gasteiger partial charge in [0.05, 0.1) is 4.21 Å². The molecule has 1 fully saturated rings. The van der Waals surface area contributed by atoms with Gasteiger partial charge in [0.2, 0.25) is 5.43 Å². The minimum atomic E-state index is -1.30. The molecule has 0 unspecified atom stereocenters. The molecule has 3 aromatic rings. The molecular weight excluding hydrogens is 620 g/mol. The molecule has 2 aliphatic rings. The van der Waals surface area contributed by atoms with Gasteiger partial charge < -0.3 is 20.8 Å². The summed E-state index contributed by atoms with van der Waals surface area (Å²) in [5, 5.41) is 37.6. The third kappa shape index (κ3) is 5.89. The fourth-order valence-electron chi connectivity index (χ4n) is 4.10. The van der Waals surface area contributed by atoms with Crippen LogP contribution in [0.25, 0.3) is 10.1 Å². The molecular formula is C24H17N6NaO6S4. The van der Waals surface area contributed by atoms with Crippen molar-refractivity contribution in [3.05, 3.63) is 62.4 Å². The van der Waals surface area contributed by atoms with Crippen molar-refractivity contribution in [1.29, 1.82) is 5.26 Å². The Morgan fingerprint density at radius 1 is 1.39 bits per heavy atom. The molecule has 1 saturated heterocycles. The first-order valence-electron chi connectivity index (χ1n) is 11.3. The summed E-state index contributed by atoms with van der Waals surface area (Å²) in [6, 6.07) is 7.81. The maximum absolute atomic E-state index is 13.1. The number of carboxylic acid groups (broad SMARTS) is 1. The number of rotatable bonds is 8. The van der Waals surface area contributed by atoms with Crippen LogP contribution in [0.15, 0.2) is 60.1 Å². The predicted octanol–water partition coefficient (Wildman–Crippen LogP) is -1.30. The van der Waals surface area contributed by atoms with E-state index in [4.69, 9.17) is 10.6 Å². The van der Waals surface area contributed by atoms with Crippen molar-refractivity contribution in [2.24, 2.45) is 10.1 Å². The number of amides is 1. The molecule has 0 aliphatic carbocycles. The Balaban J connectivity index is 0.00000387. The Labute approximate surface area is 270 Å². The number of fused-ring (bicyclic) bond motifs is 2. The number of thioether (sulfide) groups is 2. The Morgan fingerprint density at radius 2 is 2.15 bits per heavy atom. The number of oxime groups is 1. The third-order valence-electron chi connectivity index (χ3n) is 5.88. The number of nitrogen functional groups attached to an aromatic ring is 1. The number of benzene rings is 1. The van der Waals surface area contributed by atoms with Gasteiger partial charge in [0.15, 0.2) is 11.2 Å². The van der Waals surface area contributed by atoms with Crippen LogP contribution < -0.4 is 45.8 Å². The normalized spacial score (nSPS) is 18.8. The van der Waals surface area contributed by atoms with Crippen molar-refractivity contribution >= 4 is 84.9 Å². The van der Waals surface area contributed by atoms with E-state index in [0.717, 1.165) is 16.2 Å². The molecule has 17 heteroatoms. The van der Waals surface area contributed by atoms with Gasteiger partial charge in [-0.05, 0) is 17.7 Å². The van der Waals surface area contributed by atoms with Gasteiger partial charge in [-0.1, -0.05) is 17.3 Å². The molecule has 1 amide bonds. The van der Waals surface area contributed by atoms with Crippen LogP contribution in [0.5, 0.6) is 0 Å². The van der Waals surface area contributed by atoms with E-state index < -0.39 is 29.2 Å². The molecule has 3 N–H and O–H groups in total. The molecule has 2 aliphatic heterocycles. The van der Waals surface area contributed by atoms with Crippen molar-refractivity contribution in [2.75, 3.05) is 24.3 Å². The van der Waals surface area contributed by atoms with E-state index in [-0.39, 0.29) is 74.3 Å². The number of carbonyl (C=O) groups is 2. The van der Waals surface area contributed by atoms with E-state index in [1.165, 1.54) is 47.4 Å². The van der Waals surface area contributed by atoms with Crippen molar-refractivity contribution in [3.63, 3.8) is 0 Å². The summed E-state index contributed by atoms with van der Waals surface area (Å²) in [5.74, 6) is -2.40. The number of aliphatic carboxylic acids is 1. The number of thiazole rings is 1. The summed E-state index contributed by atoms with van der Waals surface area (Å²) in [6.45, 7) is 0. The first-order chi connectivity index (χ1) is 19.2. The van der Waals surface area contributed by atoms with Crippen molar-refractivity contribution in [3.8, 4) is 6.07 Å². The average molecular weight is 637 g/mol. The number of nitriles is 1. The standard InChI is InChI=1S/C24H18N6O6S4.Na/c1-36-29-15(13-9-39-24(26)27-13)19(32)28-16-20(33)30-17(22(34)35)10(7-37-21(16)30)8-38-23-12(6-25)18(31)11-4-2-3-5-14(11)40-23;/h2-5,9,16,21H,7-8H2,1H3,(H2,26,27)(H,28,32)(H,34,35);/q;+1/p-1/b29-15+;/t16-,21-;/m1./s1. The molecule has 5 rings (SSSR count). The molecule has 204 valence electrons. The fraction of sp³-hybridized carbons (Fsp3) is 0.208. The number of aliphatic imine (C=N–C) groups is 1. The van der Waals surface area contributed by atoms with Crippen molar-refractivity contribution in [2.45, 2.75) is 15.6 Å². The van der Waals surface area contributed by atoms with Crippen LogP contribution in [-0.2, 0) is 14.4 Å². The van der Waals surface area contributed by atoms with E-state index in [1.807, 2.05) is 6.07 Å². The number of hydrogen-bond acceptors (Lipinski definition) is 14. The summed E-state index contributed by atoms with van der Waals surface area (Å²) < 4.78 is 1.18. The number of nitrogens with two attached hydrogens (primary N) is 1. The summed E-state index contributed by atoms with van der Waals surface area (Å²) in [6.07, 6.45) is 0. The molecule has 0 bridgehead atoms. The fourth-order valence-corrected chi connectivity index (χ4v) is 8.47. The summed E-state index contributed by atoms with van der Waals surface area (Å²) in [5.41, 5.74) is 5.44. The van der Waals surface area contributed by atoms with Gasteiger partial charge in [0, 0.05) is 32.9 Å². The summed E-state index contributed by atoms with van der Waals surface area (Å²) in [7, 11) is 1.25. The first-order valence-corrected chi connectivity index (χ1v) is 15.0. The van der Waals surface area contributed by atoms with Gasteiger partial charge in [-0.15, -0.1) is 46.2 Å². The average Bonchev–Trinajstić information content (AvgIpc) is 3.38. The zero-order chi connectivity index (χ0) is 28.6. The number of carboxylic acids is 1. The Bertz CT molecular complexity index is 1750. The van der Waals surface area contributed by atoms with Gasteiger partial charge in [-0.3, -0.25) is 19.5 Å². The van der Waals surface area contributed by atoms with Crippen LogP contribution in [0.4, 0.5) is 5.13 Å². The van der Waals surface area contributed by atoms with E-state index in [2.05, 4.69) is 15.1 Å². The Morgan fingerprint density at radius 3 is 2.80 bits per heavy atom. The van der Waals surface area contributed by atoms with Gasteiger partial charge in [-0.25, -0.2) is 9.78 Å². The smallest absolute Gasteiger partial charge is 0.857 e. The van der Waals surface area contributed by atoms with Crippen molar-refractivity contribution in [1.82, 2.24) is 9.88 Å². The third-order valence-corrected chi connectivity index (χ3v) is 10.4. The Kier molecular flexibility index (Phi) is 9.80.